The van der Waals surface area contributed by atoms with Crippen molar-refractivity contribution in [3.8, 4) is 0 Å². The summed E-state index contributed by atoms with van der Waals surface area (Å²) in [6.45, 7) is 3.65. The predicted octanol–water partition coefficient (Wildman–Crippen LogP) is 0.238. The second-order valence-electron chi connectivity index (χ2n) is 1.19. The van der Waals surface area contributed by atoms with E-state index in [0.717, 1.165) is 6.21 Å². The van der Waals surface area contributed by atoms with Crippen molar-refractivity contribution in [2.24, 2.45) is 0 Å². The van der Waals surface area contributed by atoms with Gasteiger partial charge in [0.05, 0.1) is 6.54 Å². The zero-order valence-corrected chi connectivity index (χ0v) is 4.50. The van der Waals surface area contributed by atoms with E-state index in [0.29, 0.717) is 13.0 Å². The third-order valence-electron chi connectivity index (χ3n) is 0.672. The monoisotopic (exact) mass is 112 g/mol. The van der Waals surface area contributed by atoms with Crippen LogP contribution >= 0.6 is 0 Å². The van der Waals surface area contributed by atoms with E-state index in [1.807, 2.05) is 0 Å². The average molecular weight is 112 g/mol. The van der Waals surface area contributed by atoms with Gasteiger partial charge in [-0.25, -0.2) is 0 Å². The molecule has 0 bridgehead atoms. The summed E-state index contributed by atoms with van der Waals surface area (Å²) in [6.07, 6.45) is 3.13. The standard InChI is InChI=1S/C5H8N2O/c1-2-7(5-8)4-3-6/h2-3,5-6H,1,4H2. The molecular weight excluding hydrogens is 104 g/mol. The van der Waals surface area contributed by atoms with Crippen LogP contribution in [0.1, 0.15) is 0 Å². The topological polar surface area (TPSA) is 44.2 Å². The van der Waals surface area contributed by atoms with E-state index in [9.17, 15) is 4.79 Å². The van der Waals surface area contributed by atoms with E-state index < -0.39 is 0 Å². The van der Waals surface area contributed by atoms with E-state index in [2.05, 4.69) is 6.58 Å². The predicted molar refractivity (Wildman–Crippen MR) is 31.8 cm³/mol. The Labute approximate surface area is 48.1 Å². The minimum absolute atomic E-state index is 0.312. The number of nitrogens with zero attached hydrogens (tertiary/aromatic N) is 1. The molecule has 0 fully saturated rings. The van der Waals surface area contributed by atoms with Gasteiger partial charge in [0.1, 0.15) is 0 Å². The van der Waals surface area contributed by atoms with Gasteiger partial charge in [0.2, 0.25) is 6.41 Å². The summed E-state index contributed by atoms with van der Waals surface area (Å²) in [6, 6.07) is 0. The highest BCUT2D eigenvalue weighted by molar-refractivity contribution is 5.62. The summed E-state index contributed by atoms with van der Waals surface area (Å²) >= 11 is 0. The fourth-order valence-corrected chi connectivity index (χ4v) is 0.266. The zero-order valence-electron chi connectivity index (χ0n) is 4.50. The quantitative estimate of drug-likeness (QED) is 0.411. The number of rotatable bonds is 4. The Hall–Kier alpha value is -1.12. The SMILES string of the molecule is C=CN(C=O)CC=N. The van der Waals surface area contributed by atoms with Crippen molar-refractivity contribution < 1.29 is 4.79 Å². The Kier molecular flexibility index (Phi) is 3.48. The number of carbonyl (C=O) groups excluding carboxylic acids is 1. The van der Waals surface area contributed by atoms with Gasteiger partial charge in [0.15, 0.2) is 0 Å². The lowest BCUT2D eigenvalue weighted by molar-refractivity contribution is -0.115. The number of hydrogen-bond donors (Lipinski definition) is 1. The van der Waals surface area contributed by atoms with Gasteiger partial charge in [-0.2, -0.15) is 0 Å². The van der Waals surface area contributed by atoms with E-state index in [4.69, 9.17) is 5.41 Å². The maximum Gasteiger partial charge on any atom is 0.213 e. The van der Waals surface area contributed by atoms with Gasteiger partial charge in [0, 0.05) is 6.21 Å². The van der Waals surface area contributed by atoms with Crippen molar-refractivity contribution in [3.63, 3.8) is 0 Å². The molecule has 1 amide bonds. The van der Waals surface area contributed by atoms with Crippen LogP contribution in [0.5, 0.6) is 0 Å². The van der Waals surface area contributed by atoms with Crippen LogP contribution in [-0.2, 0) is 4.79 Å². The molecule has 0 unspecified atom stereocenters. The third-order valence-corrected chi connectivity index (χ3v) is 0.672. The summed E-state index contributed by atoms with van der Waals surface area (Å²) in [5.41, 5.74) is 0. The second kappa shape index (κ2) is 4.05. The van der Waals surface area contributed by atoms with Crippen LogP contribution in [0, 0.1) is 5.41 Å². The first kappa shape index (κ1) is 6.88. The largest absolute Gasteiger partial charge is 0.317 e. The molecule has 0 aliphatic heterocycles. The van der Waals surface area contributed by atoms with E-state index in [1.54, 1.807) is 0 Å². The maximum absolute atomic E-state index is 9.88. The van der Waals surface area contributed by atoms with Crippen LogP contribution in [0.15, 0.2) is 12.8 Å². The van der Waals surface area contributed by atoms with Crippen LogP contribution in [0.2, 0.25) is 0 Å². The smallest absolute Gasteiger partial charge is 0.213 e. The highest BCUT2D eigenvalue weighted by atomic mass is 16.1. The molecule has 0 aliphatic rings. The molecule has 3 nitrogen and oxygen atoms in total. The number of nitrogens with one attached hydrogen (secondary N) is 1. The molecule has 0 spiro atoms. The minimum Gasteiger partial charge on any atom is -0.317 e. The highest BCUT2D eigenvalue weighted by Gasteiger charge is 1.86. The maximum atomic E-state index is 9.88. The second-order valence-corrected chi connectivity index (χ2v) is 1.19. The normalized spacial score (nSPS) is 7.50. The van der Waals surface area contributed by atoms with E-state index in [1.165, 1.54) is 11.1 Å². The molecule has 0 atom stereocenters. The van der Waals surface area contributed by atoms with Crippen LogP contribution in [0.25, 0.3) is 0 Å². The summed E-state index contributed by atoms with van der Waals surface area (Å²) in [5.74, 6) is 0. The Morgan fingerprint density at radius 1 is 1.75 bits per heavy atom. The molecule has 0 aromatic carbocycles. The van der Waals surface area contributed by atoms with Gasteiger partial charge in [-0.05, 0) is 6.20 Å². The molecule has 0 aromatic rings. The van der Waals surface area contributed by atoms with Crippen LogP contribution in [0.3, 0.4) is 0 Å². The summed E-state index contributed by atoms with van der Waals surface area (Å²) in [7, 11) is 0. The molecule has 0 radical (unpaired) electrons. The molecule has 3 heteroatoms. The van der Waals surface area contributed by atoms with Gasteiger partial charge >= 0.3 is 0 Å². The number of carbonyl (C=O) groups is 1. The number of hydrogen-bond acceptors (Lipinski definition) is 2. The average Bonchev–Trinajstić information content (AvgIpc) is 1.83. The Balaban J connectivity index is 3.50. The molecule has 0 saturated heterocycles. The molecule has 0 rings (SSSR count). The minimum atomic E-state index is 0.312. The van der Waals surface area contributed by atoms with Crippen LogP contribution in [-0.4, -0.2) is 24.1 Å². The fraction of sp³-hybridized carbons (Fsp3) is 0.200. The van der Waals surface area contributed by atoms with Gasteiger partial charge in [-0.1, -0.05) is 6.58 Å². The summed E-state index contributed by atoms with van der Waals surface area (Å²) < 4.78 is 0. The van der Waals surface area contributed by atoms with E-state index in [-0.39, 0.29) is 0 Å². The van der Waals surface area contributed by atoms with E-state index >= 15 is 0 Å². The first-order valence-electron chi connectivity index (χ1n) is 2.17. The summed E-state index contributed by atoms with van der Waals surface area (Å²) in [4.78, 5) is 11.1. The number of amides is 1. The van der Waals surface area contributed by atoms with Crippen molar-refractivity contribution in [2.45, 2.75) is 0 Å². The molecule has 0 aromatic heterocycles. The van der Waals surface area contributed by atoms with Gasteiger partial charge in [-0.3, -0.25) is 4.79 Å². The summed E-state index contributed by atoms with van der Waals surface area (Å²) in [5, 5.41) is 6.57. The van der Waals surface area contributed by atoms with Crippen molar-refractivity contribution in [1.29, 1.82) is 5.41 Å². The van der Waals surface area contributed by atoms with Crippen LogP contribution < -0.4 is 0 Å². The molecule has 0 heterocycles. The Bertz CT molecular complexity index is 92.6. The molecular formula is C5H8N2O. The molecule has 0 saturated carbocycles. The first-order chi connectivity index (χ1) is 3.85. The molecule has 8 heavy (non-hydrogen) atoms. The lowest BCUT2D eigenvalue weighted by atomic mass is 10.6. The third kappa shape index (κ3) is 2.12. The highest BCUT2D eigenvalue weighted by Crippen LogP contribution is 1.76. The van der Waals surface area contributed by atoms with Crippen LogP contribution in [0.4, 0.5) is 0 Å². The first-order valence-corrected chi connectivity index (χ1v) is 2.17. The van der Waals surface area contributed by atoms with Crippen molar-refractivity contribution >= 4 is 12.6 Å². The molecule has 0 aliphatic carbocycles. The van der Waals surface area contributed by atoms with Gasteiger partial charge in [0.25, 0.3) is 0 Å². The fourth-order valence-electron chi connectivity index (χ4n) is 0.266. The Morgan fingerprint density at radius 3 is 2.50 bits per heavy atom. The molecule has 1 N–H and O–H groups in total. The lowest BCUT2D eigenvalue weighted by Gasteiger charge is -2.04. The van der Waals surface area contributed by atoms with Crippen molar-refractivity contribution in [1.82, 2.24) is 4.90 Å². The van der Waals surface area contributed by atoms with Gasteiger partial charge in [-0.15, -0.1) is 0 Å². The zero-order chi connectivity index (χ0) is 6.41. The molecule has 44 valence electrons. The lowest BCUT2D eigenvalue weighted by Crippen LogP contribution is -2.15. The van der Waals surface area contributed by atoms with Crippen molar-refractivity contribution in [3.05, 3.63) is 12.8 Å². The van der Waals surface area contributed by atoms with Crippen molar-refractivity contribution in [2.75, 3.05) is 6.54 Å². The van der Waals surface area contributed by atoms with Gasteiger partial charge < -0.3 is 10.3 Å². The Morgan fingerprint density at radius 2 is 2.38 bits per heavy atom.